The van der Waals surface area contributed by atoms with E-state index in [-0.39, 0.29) is 17.7 Å². The number of carbonyl (C=O) groups is 2. The van der Waals surface area contributed by atoms with Crippen LogP contribution >= 0.6 is 0 Å². The minimum Gasteiger partial charge on any atom is -0.352 e. The average molecular weight is 270 g/mol. The number of hydrogen-bond acceptors (Lipinski definition) is 3. The van der Waals surface area contributed by atoms with Crippen LogP contribution < -0.4 is 16.8 Å². The third-order valence-electron chi connectivity index (χ3n) is 3.94. The lowest BCUT2D eigenvalue weighted by atomic mass is 9.94. The number of primary amides is 1. The van der Waals surface area contributed by atoms with Crippen molar-refractivity contribution in [2.45, 2.75) is 39.2 Å². The minimum absolute atomic E-state index is 0.0260. The molecular weight excluding hydrogens is 244 g/mol. The quantitative estimate of drug-likeness (QED) is 0.668. The number of likely N-dealkylation sites (tertiary alicyclic amines) is 1. The Kier molecular flexibility index (Phi) is 6.08. The Morgan fingerprint density at radius 3 is 2.74 bits per heavy atom. The van der Waals surface area contributed by atoms with Crippen LogP contribution in [-0.2, 0) is 4.79 Å². The van der Waals surface area contributed by atoms with Crippen molar-refractivity contribution in [3.8, 4) is 0 Å². The van der Waals surface area contributed by atoms with Crippen molar-refractivity contribution in [3.63, 3.8) is 0 Å². The summed E-state index contributed by atoms with van der Waals surface area (Å²) in [5.74, 6) is 0.490. The van der Waals surface area contributed by atoms with Crippen LogP contribution in [-0.4, -0.2) is 42.5 Å². The Morgan fingerprint density at radius 2 is 2.16 bits per heavy atom. The fourth-order valence-corrected chi connectivity index (χ4v) is 2.38. The van der Waals surface area contributed by atoms with E-state index in [0.717, 1.165) is 25.8 Å². The third kappa shape index (κ3) is 4.70. The molecule has 0 aliphatic carbocycles. The summed E-state index contributed by atoms with van der Waals surface area (Å²) < 4.78 is 0. The monoisotopic (exact) mass is 270 g/mol. The fourth-order valence-electron chi connectivity index (χ4n) is 2.38. The molecule has 1 saturated heterocycles. The number of nitrogens with zero attached hydrogens (tertiary/aromatic N) is 1. The minimum atomic E-state index is -0.514. The highest BCUT2D eigenvalue weighted by molar-refractivity contribution is 5.82. The zero-order valence-corrected chi connectivity index (χ0v) is 11.9. The van der Waals surface area contributed by atoms with E-state index in [2.05, 4.69) is 5.32 Å². The lowest BCUT2D eigenvalue weighted by Crippen LogP contribution is -2.51. The van der Waals surface area contributed by atoms with E-state index in [4.69, 9.17) is 11.5 Å². The van der Waals surface area contributed by atoms with Crippen molar-refractivity contribution in [2.75, 3.05) is 19.6 Å². The van der Waals surface area contributed by atoms with Gasteiger partial charge in [0.15, 0.2) is 0 Å². The number of hydrogen-bond donors (Lipinski definition) is 3. The molecule has 0 bridgehead atoms. The van der Waals surface area contributed by atoms with E-state index in [1.807, 2.05) is 18.7 Å². The van der Waals surface area contributed by atoms with E-state index >= 15 is 0 Å². The van der Waals surface area contributed by atoms with Gasteiger partial charge in [0.25, 0.3) is 0 Å². The Bertz CT molecular complexity index is 322. The summed E-state index contributed by atoms with van der Waals surface area (Å²) in [6, 6.07) is -0.937. The van der Waals surface area contributed by atoms with Gasteiger partial charge in [0.1, 0.15) is 0 Å². The maximum atomic E-state index is 12.3. The zero-order valence-electron chi connectivity index (χ0n) is 11.9. The first-order valence-corrected chi connectivity index (χ1v) is 7.03. The van der Waals surface area contributed by atoms with Crippen LogP contribution in [0.1, 0.15) is 33.1 Å². The molecule has 3 amide bonds. The first-order chi connectivity index (χ1) is 8.95. The molecule has 0 aromatic heterocycles. The highest BCUT2D eigenvalue weighted by Crippen LogP contribution is 2.18. The van der Waals surface area contributed by atoms with Gasteiger partial charge < -0.3 is 21.7 Å². The largest absolute Gasteiger partial charge is 0.352 e. The van der Waals surface area contributed by atoms with Crippen molar-refractivity contribution in [1.82, 2.24) is 10.2 Å². The Labute approximate surface area is 114 Å². The summed E-state index contributed by atoms with van der Waals surface area (Å²) in [6.45, 7) is 5.98. The molecule has 19 heavy (non-hydrogen) atoms. The second-order valence-electron chi connectivity index (χ2n) is 5.45. The molecule has 0 aromatic carbocycles. The molecule has 6 heteroatoms. The molecule has 110 valence electrons. The Hall–Kier alpha value is -1.30. The number of piperidine rings is 1. The van der Waals surface area contributed by atoms with Crippen LogP contribution in [0.2, 0.25) is 0 Å². The molecule has 0 saturated carbocycles. The van der Waals surface area contributed by atoms with Crippen molar-refractivity contribution in [1.29, 1.82) is 0 Å². The number of rotatable bonds is 5. The van der Waals surface area contributed by atoms with Gasteiger partial charge in [0, 0.05) is 19.6 Å². The number of nitrogens with one attached hydrogen (secondary N) is 1. The van der Waals surface area contributed by atoms with Gasteiger partial charge in [0.05, 0.1) is 6.04 Å². The summed E-state index contributed by atoms with van der Waals surface area (Å²) >= 11 is 0. The molecule has 1 fully saturated rings. The molecule has 0 aromatic rings. The maximum absolute atomic E-state index is 12.3. The van der Waals surface area contributed by atoms with Gasteiger partial charge in [0.2, 0.25) is 5.91 Å². The van der Waals surface area contributed by atoms with Gasteiger partial charge in [-0.1, -0.05) is 20.3 Å². The van der Waals surface area contributed by atoms with E-state index in [9.17, 15) is 9.59 Å². The SMILES string of the molecule is CC[C@H](C)[C@H](N)C(=O)N1CCCC(CNC(N)=O)C1. The van der Waals surface area contributed by atoms with E-state index < -0.39 is 12.1 Å². The van der Waals surface area contributed by atoms with Gasteiger partial charge in [-0.2, -0.15) is 0 Å². The van der Waals surface area contributed by atoms with Gasteiger partial charge >= 0.3 is 6.03 Å². The Balaban J connectivity index is 2.49. The smallest absolute Gasteiger partial charge is 0.312 e. The molecule has 6 nitrogen and oxygen atoms in total. The molecule has 0 radical (unpaired) electrons. The summed E-state index contributed by atoms with van der Waals surface area (Å²) in [5.41, 5.74) is 11.0. The lowest BCUT2D eigenvalue weighted by Gasteiger charge is -2.35. The third-order valence-corrected chi connectivity index (χ3v) is 3.94. The van der Waals surface area contributed by atoms with E-state index in [1.54, 1.807) is 0 Å². The normalized spacial score (nSPS) is 22.7. The fraction of sp³-hybridized carbons (Fsp3) is 0.846. The lowest BCUT2D eigenvalue weighted by molar-refractivity contribution is -0.135. The van der Waals surface area contributed by atoms with Crippen LogP contribution in [0.4, 0.5) is 4.79 Å². The molecule has 1 aliphatic heterocycles. The van der Waals surface area contributed by atoms with E-state index in [1.165, 1.54) is 0 Å². The zero-order chi connectivity index (χ0) is 14.4. The number of nitrogens with two attached hydrogens (primary N) is 2. The Morgan fingerprint density at radius 1 is 1.47 bits per heavy atom. The molecule has 3 atom stereocenters. The summed E-state index contributed by atoms with van der Waals surface area (Å²) in [7, 11) is 0. The van der Waals surface area contributed by atoms with Crippen LogP contribution in [0, 0.1) is 11.8 Å². The van der Waals surface area contributed by atoms with Gasteiger partial charge in [-0.25, -0.2) is 4.79 Å². The van der Waals surface area contributed by atoms with Crippen LogP contribution in [0.15, 0.2) is 0 Å². The van der Waals surface area contributed by atoms with Crippen molar-refractivity contribution in [3.05, 3.63) is 0 Å². The highest BCUT2D eigenvalue weighted by Gasteiger charge is 2.29. The molecule has 0 spiro atoms. The topological polar surface area (TPSA) is 101 Å². The molecule has 5 N–H and O–H groups in total. The van der Waals surface area contributed by atoms with Gasteiger partial charge in [-0.05, 0) is 24.7 Å². The summed E-state index contributed by atoms with van der Waals surface area (Å²) in [5, 5.41) is 2.61. The predicted octanol–water partition coefficient (Wildman–Crippen LogP) is 0.267. The van der Waals surface area contributed by atoms with Gasteiger partial charge in [-0.15, -0.1) is 0 Å². The van der Waals surface area contributed by atoms with Crippen LogP contribution in [0.25, 0.3) is 0 Å². The maximum Gasteiger partial charge on any atom is 0.312 e. The molecule has 1 unspecified atom stereocenters. The van der Waals surface area contributed by atoms with Gasteiger partial charge in [-0.3, -0.25) is 4.79 Å². The first kappa shape index (κ1) is 15.8. The second-order valence-corrected chi connectivity index (χ2v) is 5.45. The number of carbonyl (C=O) groups excluding carboxylic acids is 2. The summed E-state index contributed by atoms with van der Waals surface area (Å²) in [4.78, 5) is 24.8. The molecule has 1 rings (SSSR count). The van der Waals surface area contributed by atoms with E-state index in [0.29, 0.717) is 13.1 Å². The molecule has 1 aliphatic rings. The molecule has 1 heterocycles. The number of urea groups is 1. The highest BCUT2D eigenvalue weighted by atomic mass is 16.2. The second kappa shape index (κ2) is 7.33. The van der Waals surface area contributed by atoms with Crippen molar-refractivity contribution in [2.24, 2.45) is 23.3 Å². The predicted molar refractivity (Wildman–Crippen MR) is 74.3 cm³/mol. The standard InChI is InChI=1S/C13H26N4O2/c1-3-9(2)11(14)12(18)17-6-4-5-10(8-17)7-16-13(15)19/h9-11H,3-8,14H2,1-2H3,(H3,15,16,19)/t9-,10?,11-/m0/s1. The van der Waals surface area contributed by atoms with Crippen molar-refractivity contribution >= 4 is 11.9 Å². The average Bonchev–Trinajstić information content (AvgIpc) is 2.42. The first-order valence-electron chi connectivity index (χ1n) is 7.03. The van der Waals surface area contributed by atoms with Crippen LogP contribution in [0.3, 0.4) is 0 Å². The van der Waals surface area contributed by atoms with Crippen molar-refractivity contribution < 1.29 is 9.59 Å². The number of amides is 3. The summed E-state index contributed by atoms with van der Waals surface area (Å²) in [6.07, 6.45) is 2.85. The van der Waals surface area contributed by atoms with Crippen LogP contribution in [0.5, 0.6) is 0 Å². The molecular formula is C13H26N4O2.